The van der Waals surface area contributed by atoms with Crippen LogP contribution in [0, 0.1) is 5.82 Å². The van der Waals surface area contributed by atoms with Gasteiger partial charge in [-0.25, -0.2) is 9.37 Å². The Labute approximate surface area is 155 Å². The summed E-state index contributed by atoms with van der Waals surface area (Å²) in [6, 6.07) is 13.5. The standard InChI is InChI=1S/C18H16ClFN4S/c1-24-11-10-21-17(24)16(12-6-8-13(19)9-7-12)23-18(25)22-15-5-3-2-4-14(15)20/h2-11,16H,1H3,(H2,22,23,25)/t16-/m1/s1. The molecule has 0 spiro atoms. The lowest BCUT2D eigenvalue weighted by molar-refractivity contribution is 0.631. The Morgan fingerprint density at radius 1 is 1.20 bits per heavy atom. The van der Waals surface area contributed by atoms with E-state index in [1.165, 1.54) is 6.07 Å². The van der Waals surface area contributed by atoms with E-state index in [1.807, 2.05) is 42.1 Å². The Morgan fingerprint density at radius 2 is 1.92 bits per heavy atom. The molecule has 0 saturated heterocycles. The van der Waals surface area contributed by atoms with Crippen molar-refractivity contribution in [2.24, 2.45) is 7.05 Å². The van der Waals surface area contributed by atoms with E-state index in [0.29, 0.717) is 15.8 Å². The van der Waals surface area contributed by atoms with Gasteiger partial charge in [0.25, 0.3) is 0 Å². The van der Waals surface area contributed by atoms with Crippen molar-refractivity contribution >= 4 is 34.6 Å². The molecule has 0 aliphatic heterocycles. The van der Waals surface area contributed by atoms with E-state index in [9.17, 15) is 4.39 Å². The minimum Gasteiger partial charge on any atom is -0.348 e. The van der Waals surface area contributed by atoms with E-state index in [2.05, 4.69) is 15.6 Å². The number of thiocarbonyl (C=S) groups is 1. The second kappa shape index (κ2) is 7.63. The van der Waals surface area contributed by atoms with Crippen LogP contribution in [0.15, 0.2) is 60.9 Å². The summed E-state index contributed by atoms with van der Waals surface area (Å²) in [5.41, 5.74) is 1.26. The summed E-state index contributed by atoms with van der Waals surface area (Å²) >= 11 is 11.3. The predicted molar refractivity (Wildman–Crippen MR) is 102 cm³/mol. The number of benzene rings is 2. The topological polar surface area (TPSA) is 41.9 Å². The maximum absolute atomic E-state index is 13.8. The maximum atomic E-state index is 13.8. The molecule has 2 N–H and O–H groups in total. The maximum Gasteiger partial charge on any atom is 0.171 e. The van der Waals surface area contributed by atoms with Gasteiger partial charge < -0.3 is 15.2 Å². The van der Waals surface area contributed by atoms with Crippen LogP contribution < -0.4 is 10.6 Å². The zero-order valence-electron chi connectivity index (χ0n) is 13.4. The van der Waals surface area contributed by atoms with Gasteiger partial charge in [-0.2, -0.15) is 0 Å². The highest BCUT2D eigenvalue weighted by Gasteiger charge is 2.19. The van der Waals surface area contributed by atoms with Gasteiger partial charge in [0, 0.05) is 24.5 Å². The summed E-state index contributed by atoms with van der Waals surface area (Å²) < 4.78 is 15.7. The van der Waals surface area contributed by atoms with Crippen LogP contribution in [0.1, 0.15) is 17.4 Å². The third kappa shape index (κ3) is 4.15. The molecule has 0 bridgehead atoms. The molecular weight excluding hydrogens is 359 g/mol. The molecular formula is C18H16ClFN4S. The molecule has 1 heterocycles. The highest BCUT2D eigenvalue weighted by molar-refractivity contribution is 7.80. The third-order valence-electron chi connectivity index (χ3n) is 3.72. The van der Waals surface area contributed by atoms with Crippen molar-refractivity contribution in [2.75, 3.05) is 5.32 Å². The number of aromatic nitrogens is 2. The number of hydrogen-bond donors (Lipinski definition) is 2. The molecule has 0 aliphatic rings. The monoisotopic (exact) mass is 374 g/mol. The van der Waals surface area contributed by atoms with Gasteiger partial charge in [-0.3, -0.25) is 0 Å². The summed E-state index contributed by atoms with van der Waals surface area (Å²) in [4.78, 5) is 4.40. The first kappa shape index (κ1) is 17.4. The van der Waals surface area contributed by atoms with E-state index in [0.717, 1.165) is 11.4 Å². The Balaban J connectivity index is 1.85. The number of aryl methyl sites for hydroxylation is 1. The first-order chi connectivity index (χ1) is 12.0. The second-order valence-corrected chi connectivity index (χ2v) is 6.30. The van der Waals surface area contributed by atoms with Crippen molar-refractivity contribution in [1.29, 1.82) is 0 Å². The smallest absolute Gasteiger partial charge is 0.171 e. The highest BCUT2D eigenvalue weighted by atomic mass is 35.5. The molecule has 0 fully saturated rings. The number of imidazole rings is 1. The van der Waals surface area contributed by atoms with Crippen LogP contribution in [0.5, 0.6) is 0 Å². The summed E-state index contributed by atoms with van der Waals surface area (Å²) in [5.74, 6) is 0.409. The molecule has 128 valence electrons. The second-order valence-electron chi connectivity index (χ2n) is 5.46. The highest BCUT2D eigenvalue weighted by Crippen LogP contribution is 2.23. The Hall–Kier alpha value is -2.44. The van der Waals surface area contributed by atoms with Gasteiger partial charge in [-0.1, -0.05) is 35.9 Å². The Bertz CT molecular complexity index is 879. The fourth-order valence-electron chi connectivity index (χ4n) is 2.46. The lowest BCUT2D eigenvalue weighted by Crippen LogP contribution is -2.34. The molecule has 2 aromatic carbocycles. The molecule has 3 aromatic rings. The lowest BCUT2D eigenvalue weighted by atomic mass is 10.1. The summed E-state index contributed by atoms with van der Waals surface area (Å²) in [6.45, 7) is 0. The molecule has 7 heteroatoms. The van der Waals surface area contributed by atoms with Crippen LogP contribution in [0.4, 0.5) is 10.1 Å². The number of halogens is 2. The lowest BCUT2D eigenvalue weighted by Gasteiger charge is -2.21. The van der Waals surface area contributed by atoms with Gasteiger partial charge in [0.15, 0.2) is 5.11 Å². The number of nitrogens with zero attached hydrogens (tertiary/aromatic N) is 2. The average Bonchev–Trinajstić information content (AvgIpc) is 3.01. The molecule has 0 radical (unpaired) electrons. The first-order valence-corrected chi connectivity index (χ1v) is 8.38. The molecule has 1 atom stereocenters. The van der Waals surface area contributed by atoms with Crippen molar-refractivity contribution in [3.63, 3.8) is 0 Å². The van der Waals surface area contributed by atoms with E-state index in [1.54, 1.807) is 24.4 Å². The van der Waals surface area contributed by atoms with Crippen molar-refractivity contribution in [1.82, 2.24) is 14.9 Å². The van der Waals surface area contributed by atoms with Crippen molar-refractivity contribution in [2.45, 2.75) is 6.04 Å². The largest absolute Gasteiger partial charge is 0.348 e. The predicted octanol–water partition coefficient (Wildman–Crippen LogP) is 4.29. The molecule has 3 rings (SSSR count). The molecule has 0 aliphatic carbocycles. The minimum atomic E-state index is -0.369. The van der Waals surface area contributed by atoms with Crippen LogP contribution in [0.2, 0.25) is 5.02 Å². The summed E-state index contributed by atoms with van der Waals surface area (Å²) in [7, 11) is 1.90. The van der Waals surface area contributed by atoms with Crippen LogP contribution in [-0.4, -0.2) is 14.7 Å². The molecule has 0 saturated carbocycles. The van der Waals surface area contributed by atoms with E-state index >= 15 is 0 Å². The van der Waals surface area contributed by atoms with Gasteiger partial charge in [0.2, 0.25) is 0 Å². The zero-order chi connectivity index (χ0) is 17.8. The third-order valence-corrected chi connectivity index (χ3v) is 4.19. The molecule has 1 aromatic heterocycles. The van der Waals surface area contributed by atoms with Crippen LogP contribution in [0.3, 0.4) is 0 Å². The van der Waals surface area contributed by atoms with Gasteiger partial charge in [0.1, 0.15) is 17.7 Å². The summed E-state index contributed by atoms with van der Waals surface area (Å²) in [6.07, 6.45) is 3.57. The van der Waals surface area contributed by atoms with Crippen LogP contribution >= 0.6 is 23.8 Å². The SMILES string of the molecule is Cn1ccnc1[C@H](NC(=S)Nc1ccccc1F)c1ccc(Cl)cc1. The van der Waals surface area contributed by atoms with Gasteiger partial charge >= 0.3 is 0 Å². The molecule has 4 nitrogen and oxygen atoms in total. The fraction of sp³-hybridized carbons (Fsp3) is 0.111. The normalized spacial score (nSPS) is 11.8. The van der Waals surface area contributed by atoms with Crippen LogP contribution in [-0.2, 0) is 7.05 Å². The van der Waals surface area contributed by atoms with Crippen LogP contribution in [0.25, 0.3) is 0 Å². The van der Waals surface area contributed by atoms with Crippen molar-refractivity contribution in [3.8, 4) is 0 Å². The number of nitrogens with one attached hydrogen (secondary N) is 2. The average molecular weight is 375 g/mol. The first-order valence-electron chi connectivity index (χ1n) is 7.59. The summed E-state index contributed by atoms with van der Waals surface area (Å²) in [5, 5.41) is 7.03. The van der Waals surface area contributed by atoms with Gasteiger partial charge in [-0.15, -0.1) is 0 Å². The molecule has 0 unspecified atom stereocenters. The van der Waals surface area contributed by atoms with Gasteiger partial charge in [0.05, 0.1) is 5.69 Å². The quantitative estimate of drug-likeness (QED) is 0.668. The van der Waals surface area contributed by atoms with Gasteiger partial charge in [-0.05, 0) is 42.0 Å². The van der Waals surface area contributed by atoms with E-state index in [4.69, 9.17) is 23.8 Å². The number of hydrogen-bond acceptors (Lipinski definition) is 2. The Morgan fingerprint density at radius 3 is 2.56 bits per heavy atom. The fourth-order valence-corrected chi connectivity index (χ4v) is 2.81. The van der Waals surface area contributed by atoms with E-state index < -0.39 is 0 Å². The van der Waals surface area contributed by atoms with E-state index in [-0.39, 0.29) is 11.9 Å². The Kier molecular flexibility index (Phi) is 5.31. The minimum absolute atomic E-state index is 0.299. The number of para-hydroxylation sites is 1. The van der Waals surface area contributed by atoms with Crippen molar-refractivity contribution in [3.05, 3.63) is 83.2 Å². The molecule has 25 heavy (non-hydrogen) atoms. The molecule has 0 amide bonds. The zero-order valence-corrected chi connectivity index (χ0v) is 15.0. The number of rotatable bonds is 4. The van der Waals surface area contributed by atoms with Crippen molar-refractivity contribution < 1.29 is 4.39 Å². The number of anilines is 1.